The van der Waals surface area contributed by atoms with Crippen LogP contribution in [-0.4, -0.2) is 18.0 Å². The first-order valence-electron chi connectivity index (χ1n) is 5.02. The fraction of sp³-hybridized carbons (Fsp3) is 0.300. The van der Waals surface area contributed by atoms with Crippen molar-refractivity contribution >= 4 is 32.5 Å². The highest BCUT2D eigenvalue weighted by molar-refractivity contribution is 7.89. The van der Waals surface area contributed by atoms with E-state index in [0.717, 1.165) is 0 Å². The van der Waals surface area contributed by atoms with Crippen molar-refractivity contribution in [2.75, 3.05) is 0 Å². The molecule has 0 spiro atoms. The van der Waals surface area contributed by atoms with Crippen molar-refractivity contribution < 1.29 is 8.42 Å². The lowest BCUT2D eigenvalue weighted by Crippen LogP contribution is -2.16. The van der Waals surface area contributed by atoms with Gasteiger partial charge < -0.3 is 4.57 Å². The number of fused-ring (bicyclic) bond motifs is 1. The predicted octanol–water partition coefficient (Wildman–Crippen LogP) is 1.44. The molecule has 0 aliphatic heterocycles. The van der Waals surface area contributed by atoms with Crippen molar-refractivity contribution in [1.82, 2.24) is 9.55 Å². The number of aryl methyl sites for hydroxylation is 2. The summed E-state index contributed by atoms with van der Waals surface area (Å²) < 4.78 is 24.7. The predicted molar refractivity (Wildman–Crippen MR) is 66.5 cm³/mol. The SMILES string of the molecule is CCc1cc2c(Cl)cn(C)c2c(S(N)(=O)=O)n1. The van der Waals surface area contributed by atoms with Crippen LogP contribution in [0.5, 0.6) is 0 Å². The van der Waals surface area contributed by atoms with Crippen molar-refractivity contribution in [2.45, 2.75) is 18.4 Å². The number of primary sulfonamides is 1. The molecule has 2 N–H and O–H groups in total. The Labute approximate surface area is 104 Å². The van der Waals surface area contributed by atoms with Gasteiger partial charge in [-0.15, -0.1) is 0 Å². The Morgan fingerprint density at radius 1 is 1.53 bits per heavy atom. The normalized spacial score (nSPS) is 12.2. The van der Waals surface area contributed by atoms with E-state index >= 15 is 0 Å². The van der Waals surface area contributed by atoms with E-state index in [9.17, 15) is 8.42 Å². The van der Waals surface area contributed by atoms with Crippen molar-refractivity contribution in [2.24, 2.45) is 12.2 Å². The maximum atomic E-state index is 11.5. The summed E-state index contributed by atoms with van der Waals surface area (Å²) in [6, 6.07) is 1.78. The Balaban J connectivity index is 2.99. The first-order valence-corrected chi connectivity index (χ1v) is 6.94. The summed E-state index contributed by atoms with van der Waals surface area (Å²) in [5.41, 5.74) is 1.09. The lowest BCUT2D eigenvalue weighted by molar-refractivity contribution is 0.594. The second-order valence-electron chi connectivity index (χ2n) is 3.80. The van der Waals surface area contributed by atoms with Gasteiger partial charge in [-0.2, -0.15) is 0 Å². The molecule has 0 aliphatic rings. The van der Waals surface area contributed by atoms with Gasteiger partial charge >= 0.3 is 0 Å². The number of aromatic nitrogens is 2. The lowest BCUT2D eigenvalue weighted by Gasteiger charge is -2.05. The van der Waals surface area contributed by atoms with Crippen LogP contribution in [0.15, 0.2) is 17.3 Å². The number of halogens is 1. The molecule has 0 unspecified atom stereocenters. The van der Waals surface area contributed by atoms with Crippen LogP contribution in [0.25, 0.3) is 10.9 Å². The number of sulfonamides is 1. The van der Waals surface area contributed by atoms with E-state index in [4.69, 9.17) is 16.7 Å². The first-order chi connectivity index (χ1) is 7.84. The van der Waals surface area contributed by atoms with Gasteiger partial charge in [0.2, 0.25) is 0 Å². The van der Waals surface area contributed by atoms with Crippen LogP contribution in [0.2, 0.25) is 5.02 Å². The molecule has 0 saturated carbocycles. The topological polar surface area (TPSA) is 78.0 Å². The van der Waals surface area contributed by atoms with Crippen molar-refractivity contribution in [1.29, 1.82) is 0 Å². The molecule has 0 radical (unpaired) electrons. The maximum absolute atomic E-state index is 11.5. The quantitative estimate of drug-likeness (QED) is 0.899. The van der Waals surface area contributed by atoms with E-state index in [1.54, 1.807) is 23.9 Å². The third kappa shape index (κ3) is 2.03. The van der Waals surface area contributed by atoms with Crippen molar-refractivity contribution in [3.63, 3.8) is 0 Å². The van der Waals surface area contributed by atoms with E-state index < -0.39 is 10.0 Å². The average Bonchev–Trinajstić information content (AvgIpc) is 2.52. The summed E-state index contributed by atoms with van der Waals surface area (Å²) in [6.45, 7) is 1.89. The smallest absolute Gasteiger partial charge is 0.257 e. The van der Waals surface area contributed by atoms with E-state index in [0.29, 0.717) is 28.0 Å². The Kier molecular flexibility index (Phi) is 2.89. The van der Waals surface area contributed by atoms with Crippen LogP contribution < -0.4 is 5.14 Å². The van der Waals surface area contributed by atoms with Gasteiger partial charge in [0.15, 0.2) is 5.03 Å². The van der Waals surface area contributed by atoms with Gasteiger partial charge in [0, 0.05) is 24.3 Å². The second kappa shape index (κ2) is 3.97. The minimum Gasteiger partial charge on any atom is -0.347 e. The Morgan fingerprint density at radius 3 is 2.71 bits per heavy atom. The number of nitrogens with two attached hydrogens (primary N) is 1. The molecule has 2 rings (SSSR count). The zero-order chi connectivity index (χ0) is 12.8. The first kappa shape index (κ1) is 12.3. The molecule has 17 heavy (non-hydrogen) atoms. The zero-order valence-electron chi connectivity index (χ0n) is 9.44. The molecule has 0 aliphatic carbocycles. The van der Waals surface area contributed by atoms with E-state index in [2.05, 4.69) is 4.98 Å². The highest BCUT2D eigenvalue weighted by Crippen LogP contribution is 2.29. The summed E-state index contributed by atoms with van der Waals surface area (Å²) in [5.74, 6) is 0. The highest BCUT2D eigenvalue weighted by Gasteiger charge is 2.20. The van der Waals surface area contributed by atoms with E-state index in [-0.39, 0.29) is 5.03 Å². The van der Waals surface area contributed by atoms with Crippen LogP contribution in [0.3, 0.4) is 0 Å². The molecule has 7 heteroatoms. The number of rotatable bonds is 2. The molecule has 0 bridgehead atoms. The van der Waals surface area contributed by atoms with Crippen LogP contribution in [0.1, 0.15) is 12.6 Å². The molecule has 0 amide bonds. The van der Waals surface area contributed by atoms with Gasteiger partial charge in [-0.3, -0.25) is 0 Å². The fourth-order valence-corrected chi connectivity index (χ4v) is 2.83. The van der Waals surface area contributed by atoms with Crippen LogP contribution >= 0.6 is 11.6 Å². The van der Waals surface area contributed by atoms with Crippen molar-refractivity contribution in [3.8, 4) is 0 Å². The molecule has 2 heterocycles. The van der Waals surface area contributed by atoms with Gasteiger partial charge in [-0.25, -0.2) is 18.5 Å². The minimum atomic E-state index is -3.86. The third-order valence-corrected chi connectivity index (χ3v) is 3.69. The Bertz CT molecular complexity index is 691. The summed E-state index contributed by atoms with van der Waals surface area (Å²) in [7, 11) is -2.16. The number of hydrogen-bond acceptors (Lipinski definition) is 3. The summed E-state index contributed by atoms with van der Waals surface area (Å²) in [6.07, 6.45) is 2.26. The van der Waals surface area contributed by atoms with Crippen LogP contribution in [0.4, 0.5) is 0 Å². The fourth-order valence-electron chi connectivity index (χ4n) is 1.77. The average molecular weight is 274 g/mol. The molecule has 92 valence electrons. The molecular weight excluding hydrogens is 262 g/mol. The summed E-state index contributed by atoms with van der Waals surface area (Å²) in [4.78, 5) is 4.07. The lowest BCUT2D eigenvalue weighted by atomic mass is 10.2. The third-order valence-electron chi connectivity index (χ3n) is 2.56. The second-order valence-corrected chi connectivity index (χ2v) is 5.69. The summed E-state index contributed by atoms with van der Waals surface area (Å²) >= 11 is 6.04. The minimum absolute atomic E-state index is 0.124. The molecule has 0 fully saturated rings. The molecule has 0 saturated heterocycles. The van der Waals surface area contributed by atoms with E-state index in [1.807, 2.05) is 6.92 Å². The molecule has 2 aromatic heterocycles. The van der Waals surface area contributed by atoms with Gasteiger partial charge in [0.25, 0.3) is 10.0 Å². The highest BCUT2D eigenvalue weighted by atomic mass is 35.5. The molecular formula is C10H12ClN3O2S. The Hall–Kier alpha value is -1.11. The number of nitrogens with zero attached hydrogens (tertiary/aromatic N) is 2. The van der Waals surface area contributed by atoms with Gasteiger partial charge in [0.1, 0.15) is 0 Å². The van der Waals surface area contributed by atoms with Gasteiger partial charge in [-0.05, 0) is 12.5 Å². The number of hydrogen-bond donors (Lipinski definition) is 1. The van der Waals surface area contributed by atoms with Gasteiger partial charge in [0.05, 0.1) is 10.5 Å². The molecule has 0 atom stereocenters. The Morgan fingerprint density at radius 2 is 2.18 bits per heavy atom. The van der Waals surface area contributed by atoms with Crippen molar-refractivity contribution in [3.05, 3.63) is 23.0 Å². The van der Waals surface area contributed by atoms with E-state index in [1.165, 1.54) is 0 Å². The molecule has 2 aromatic rings. The molecule has 5 nitrogen and oxygen atoms in total. The number of pyridine rings is 1. The monoisotopic (exact) mass is 273 g/mol. The molecule has 0 aromatic carbocycles. The van der Waals surface area contributed by atoms with Crippen LogP contribution in [0, 0.1) is 0 Å². The zero-order valence-corrected chi connectivity index (χ0v) is 11.0. The standard InChI is InChI=1S/C10H12ClN3O2S/c1-3-6-4-7-8(11)5-14(2)9(7)10(13-6)17(12,15)16/h4-5H,3H2,1-2H3,(H2,12,15,16). The maximum Gasteiger partial charge on any atom is 0.257 e. The largest absolute Gasteiger partial charge is 0.347 e. The van der Waals surface area contributed by atoms with Gasteiger partial charge in [-0.1, -0.05) is 18.5 Å². The van der Waals surface area contributed by atoms with Crippen LogP contribution in [-0.2, 0) is 23.5 Å². The summed E-state index contributed by atoms with van der Waals surface area (Å²) in [5, 5.41) is 6.20.